The number of aromatic nitrogens is 1. The molecule has 0 atom stereocenters. The third-order valence-corrected chi connectivity index (χ3v) is 3.81. The fourth-order valence-electron chi connectivity index (χ4n) is 1.94. The first kappa shape index (κ1) is 14.3. The van der Waals surface area contributed by atoms with E-state index in [0.29, 0.717) is 5.56 Å². The van der Waals surface area contributed by atoms with Crippen molar-refractivity contribution in [3.8, 4) is 10.6 Å². The van der Waals surface area contributed by atoms with Crippen LogP contribution < -0.4 is 5.32 Å². The van der Waals surface area contributed by atoms with Crippen LogP contribution in [0.5, 0.6) is 0 Å². The highest BCUT2D eigenvalue weighted by atomic mass is 32.1. The summed E-state index contributed by atoms with van der Waals surface area (Å²) in [6.07, 6.45) is 1.68. The molecule has 0 fully saturated rings. The fraction of sp³-hybridized carbons (Fsp3) is 0. The molecule has 2 aromatic carbocycles. The Balaban J connectivity index is 1.85. The Bertz CT molecular complexity index is 819. The van der Waals surface area contributed by atoms with Gasteiger partial charge < -0.3 is 5.32 Å². The van der Waals surface area contributed by atoms with Crippen LogP contribution in [-0.4, -0.2) is 10.9 Å². The summed E-state index contributed by atoms with van der Waals surface area (Å²) < 4.78 is 26.4. The Labute approximate surface area is 129 Å². The van der Waals surface area contributed by atoms with Crippen LogP contribution in [0.1, 0.15) is 10.4 Å². The van der Waals surface area contributed by atoms with Crippen molar-refractivity contribution in [1.29, 1.82) is 0 Å². The molecule has 0 aliphatic carbocycles. The van der Waals surface area contributed by atoms with Crippen molar-refractivity contribution < 1.29 is 13.6 Å². The molecule has 6 heteroatoms. The Morgan fingerprint density at radius 3 is 2.73 bits per heavy atom. The van der Waals surface area contributed by atoms with Gasteiger partial charge in [0.05, 0.1) is 5.69 Å². The van der Waals surface area contributed by atoms with E-state index in [2.05, 4.69) is 10.3 Å². The van der Waals surface area contributed by atoms with Crippen LogP contribution >= 0.6 is 11.3 Å². The zero-order valence-electron chi connectivity index (χ0n) is 11.2. The van der Waals surface area contributed by atoms with Crippen molar-refractivity contribution in [2.45, 2.75) is 0 Å². The summed E-state index contributed by atoms with van der Waals surface area (Å²) >= 11 is 1.46. The molecule has 3 nitrogen and oxygen atoms in total. The van der Waals surface area contributed by atoms with Crippen molar-refractivity contribution in [2.75, 3.05) is 5.32 Å². The predicted molar refractivity (Wildman–Crippen MR) is 81.9 cm³/mol. The normalized spacial score (nSPS) is 10.5. The minimum atomic E-state index is -0.815. The minimum Gasteiger partial charge on any atom is -0.319 e. The summed E-state index contributed by atoms with van der Waals surface area (Å²) in [6, 6.07) is 9.86. The van der Waals surface area contributed by atoms with Crippen LogP contribution in [0.2, 0.25) is 0 Å². The zero-order chi connectivity index (χ0) is 15.5. The number of anilines is 1. The lowest BCUT2D eigenvalue weighted by Crippen LogP contribution is -2.13. The number of carbonyl (C=O) groups is 1. The number of rotatable bonds is 3. The second-order valence-corrected chi connectivity index (χ2v) is 5.39. The van der Waals surface area contributed by atoms with Crippen molar-refractivity contribution in [2.24, 2.45) is 0 Å². The third-order valence-electron chi connectivity index (χ3n) is 2.98. The van der Waals surface area contributed by atoms with Gasteiger partial charge in [-0.15, -0.1) is 11.3 Å². The van der Waals surface area contributed by atoms with E-state index in [0.717, 1.165) is 22.7 Å². The first-order valence-corrected chi connectivity index (χ1v) is 7.28. The van der Waals surface area contributed by atoms with E-state index in [1.807, 2.05) is 11.4 Å². The first-order chi connectivity index (χ1) is 10.6. The summed E-state index contributed by atoms with van der Waals surface area (Å²) in [7, 11) is 0. The summed E-state index contributed by atoms with van der Waals surface area (Å²) in [6.45, 7) is 0. The maximum absolute atomic E-state index is 13.6. The number of nitrogens with zero attached hydrogens (tertiary/aromatic N) is 1. The molecule has 1 amide bonds. The average Bonchev–Trinajstić information content (AvgIpc) is 3.04. The van der Waals surface area contributed by atoms with Crippen LogP contribution in [0, 0.1) is 11.6 Å². The van der Waals surface area contributed by atoms with Gasteiger partial charge in [-0.25, -0.2) is 13.8 Å². The Kier molecular flexibility index (Phi) is 3.93. The molecule has 0 saturated carbocycles. The standard InChI is InChI=1S/C16H10F2N2OS/c17-12-4-5-14(13(18)9-12)20-15(21)10-2-1-3-11(8-10)16-19-6-7-22-16/h1-9H,(H,20,21). The highest BCUT2D eigenvalue weighted by molar-refractivity contribution is 7.13. The lowest BCUT2D eigenvalue weighted by Gasteiger charge is -2.07. The molecule has 3 aromatic rings. The molecule has 0 saturated heterocycles. The number of halogens is 2. The lowest BCUT2D eigenvalue weighted by atomic mass is 10.1. The number of hydrogen-bond acceptors (Lipinski definition) is 3. The van der Waals surface area contributed by atoms with Gasteiger partial charge >= 0.3 is 0 Å². The minimum absolute atomic E-state index is 0.0638. The Morgan fingerprint density at radius 1 is 1.14 bits per heavy atom. The molecule has 0 aliphatic heterocycles. The van der Waals surface area contributed by atoms with Crippen molar-refractivity contribution in [1.82, 2.24) is 4.98 Å². The van der Waals surface area contributed by atoms with Gasteiger partial charge in [0.2, 0.25) is 0 Å². The number of hydrogen-bond donors (Lipinski definition) is 1. The highest BCUT2D eigenvalue weighted by Gasteiger charge is 2.11. The molecule has 110 valence electrons. The van der Waals surface area contributed by atoms with Crippen molar-refractivity contribution >= 4 is 22.9 Å². The summed E-state index contributed by atoms with van der Waals surface area (Å²) in [4.78, 5) is 16.4. The van der Waals surface area contributed by atoms with Gasteiger partial charge in [0.15, 0.2) is 0 Å². The Hall–Kier alpha value is -2.60. The average molecular weight is 316 g/mol. The van der Waals surface area contributed by atoms with Gasteiger partial charge in [0.1, 0.15) is 16.6 Å². The number of thiazole rings is 1. The summed E-state index contributed by atoms with van der Waals surface area (Å²) in [5, 5.41) is 5.07. The number of amides is 1. The van der Waals surface area contributed by atoms with E-state index in [9.17, 15) is 13.6 Å². The molecule has 0 unspecified atom stereocenters. The van der Waals surface area contributed by atoms with Crippen LogP contribution in [0.3, 0.4) is 0 Å². The van der Waals surface area contributed by atoms with Crippen molar-refractivity contribution in [3.05, 3.63) is 71.2 Å². The van der Waals surface area contributed by atoms with E-state index in [1.54, 1.807) is 24.4 Å². The van der Waals surface area contributed by atoms with Gasteiger partial charge in [-0.05, 0) is 24.3 Å². The summed E-state index contributed by atoms with van der Waals surface area (Å²) in [5.41, 5.74) is 1.12. The molecular weight excluding hydrogens is 306 g/mol. The van der Waals surface area contributed by atoms with Crippen LogP contribution in [0.25, 0.3) is 10.6 Å². The molecule has 1 heterocycles. The number of nitrogens with one attached hydrogen (secondary N) is 1. The quantitative estimate of drug-likeness (QED) is 0.781. The predicted octanol–water partition coefficient (Wildman–Crippen LogP) is 4.34. The topological polar surface area (TPSA) is 42.0 Å². The van der Waals surface area contributed by atoms with Gasteiger partial charge in [-0.1, -0.05) is 12.1 Å². The van der Waals surface area contributed by atoms with E-state index in [4.69, 9.17) is 0 Å². The molecule has 0 bridgehead atoms. The second-order valence-electron chi connectivity index (χ2n) is 4.50. The maximum atomic E-state index is 13.6. The van der Waals surface area contributed by atoms with Gasteiger partial charge in [0, 0.05) is 28.8 Å². The lowest BCUT2D eigenvalue weighted by molar-refractivity contribution is 0.102. The molecule has 1 N–H and O–H groups in total. The number of benzene rings is 2. The largest absolute Gasteiger partial charge is 0.319 e. The van der Waals surface area contributed by atoms with Gasteiger partial charge in [0.25, 0.3) is 5.91 Å². The fourth-order valence-corrected chi connectivity index (χ4v) is 2.58. The molecule has 3 rings (SSSR count). The number of carbonyl (C=O) groups excluding carboxylic acids is 1. The molecule has 1 aromatic heterocycles. The molecule has 0 radical (unpaired) electrons. The highest BCUT2D eigenvalue weighted by Crippen LogP contribution is 2.23. The first-order valence-electron chi connectivity index (χ1n) is 6.40. The molecular formula is C16H10F2N2OS. The van der Waals surface area contributed by atoms with E-state index in [1.165, 1.54) is 17.4 Å². The molecule has 22 heavy (non-hydrogen) atoms. The zero-order valence-corrected chi connectivity index (χ0v) is 12.0. The molecule has 0 aliphatic rings. The summed E-state index contributed by atoms with van der Waals surface area (Å²) in [5.74, 6) is -1.98. The van der Waals surface area contributed by atoms with E-state index in [-0.39, 0.29) is 5.69 Å². The second kappa shape index (κ2) is 6.03. The smallest absolute Gasteiger partial charge is 0.255 e. The van der Waals surface area contributed by atoms with E-state index < -0.39 is 17.5 Å². The SMILES string of the molecule is O=C(Nc1ccc(F)cc1F)c1cccc(-c2nccs2)c1. The van der Waals surface area contributed by atoms with Gasteiger partial charge in [-0.2, -0.15) is 0 Å². The Morgan fingerprint density at radius 2 is 2.00 bits per heavy atom. The third kappa shape index (κ3) is 3.01. The van der Waals surface area contributed by atoms with Crippen LogP contribution in [0.4, 0.5) is 14.5 Å². The maximum Gasteiger partial charge on any atom is 0.255 e. The van der Waals surface area contributed by atoms with Crippen LogP contribution in [0.15, 0.2) is 54.0 Å². The van der Waals surface area contributed by atoms with Gasteiger partial charge in [-0.3, -0.25) is 4.79 Å². The van der Waals surface area contributed by atoms with Crippen LogP contribution in [-0.2, 0) is 0 Å². The van der Waals surface area contributed by atoms with Crippen molar-refractivity contribution in [3.63, 3.8) is 0 Å². The molecule has 0 spiro atoms. The monoisotopic (exact) mass is 316 g/mol. The van der Waals surface area contributed by atoms with E-state index >= 15 is 0 Å².